The molecule has 1 fully saturated rings. The summed E-state index contributed by atoms with van der Waals surface area (Å²) < 4.78 is 5.52. The lowest BCUT2D eigenvalue weighted by Gasteiger charge is -2.19. The molecule has 0 radical (unpaired) electrons. The van der Waals surface area contributed by atoms with Gasteiger partial charge in [-0.1, -0.05) is 58.4 Å². The molecule has 2 nitrogen and oxygen atoms in total. The predicted octanol–water partition coefficient (Wildman–Crippen LogP) is 2.61. The first-order valence-corrected chi connectivity index (χ1v) is 6.22. The summed E-state index contributed by atoms with van der Waals surface area (Å²) in [6.07, 6.45) is 3.92. The number of hydrogen-bond donors (Lipinski definition) is 1. The number of hydrogen-bond acceptors (Lipinski definition) is 2. The Morgan fingerprint density at radius 3 is 2.69 bits per heavy atom. The van der Waals surface area contributed by atoms with E-state index in [1.54, 1.807) is 6.92 Å². The largest absolute Gasteiger partial charge is 0.386 e. The van der Waals surface area contributed by atoms with Crippen LogP contribution in [0.15, 0.2) is 36.4 Å². The van der Waals surface area contributed by atoms with Crippen molar-refractivity contribution in [3.63, 3.8) is 0 Å². The monoisotopic (exact) mass is 282 g/mol. The minimum absolute atomic E-state index is 0.0556. The molecule has 0 saturated carbocycles. The highest BCUT2D eigenvalue weighted by atomic mass is 79.9. The van der Waals surface area contributed by atoms with E-state index in [2.05, 4.69) is 15.9 Å². The number of ether oxygens (including phenoxy) is 1. The van der Waals surface area contributed by atoms with Gasteiger partial charge in [-0.2, -0.15) is 0 Å². The van der Waals surface area contributed by atoms with Crippen molar-refractivity contribution in [1.82, 2.24) is 0 Å². The quantitative estimate of drug-likeness (QED) is 0.845. The first-order chi connectivity index (χ1) is 7.59. The minimum atomic E-state index is -0.786. The Balaban J connectivity index is 2.04. The molecule has 3 heteroatoms. The molecule has 2 rings (SSSR count). The summed E-state index contributed by atoms with van der Waals surface area (Å²) in [5.41, 5.74) is 0.350. The van der Waals surface area contributed by atoms with Gasteiger partial charge in [0.25, 0.3) is 0 Å². The molecule has 1 aliphatic rings. The number of rotatable bonds is 2. The molecule has 1 aromatic carbocycles. The van der Waals surface area contributed by atoms with Crippen molar-refractivity contribution in [3.8, 4) is 0 Å². The van der Waals surface area contributed by atoms with Crippen LogP contribution in [0.4, 0.5) is 0 Å². The van der Waals surface area contributed by atoms with Crippen LogP contribution in [0.5, 0.6) is 0 Å². The van der Waals surface area contributed by atoms with Crippen molar-refractivity contribution in [1.29, 1.82) is 0 Å². The molecule has 3 atom stereocenters. The van der Waals surface area contributed by atoms with Crippen LogP contribution >= 0.6 is 15.9 Å². The summed E-state index contributed by atoms with van der Waals surface area (Å²) in [5.74, 6) is 0. The van der Waals surface area contributed by atoms with Crippen molar-refractivity contribution >= 4 is 22.0 Å². The van der Waals surface area contributed by atoms with Crippen molar-refractivity contribution in [3.05, 3.63) is 42.0 Å². The van der Waals surface area contributed by atoms with Gasteiger partial charge in [0.15, 0.2) is 0 Å². The van der Waals surface area contributed by atoms with Crippen LogP contribution in [-0.4, -0.2) is 28.2 Å². The number of aliphatic hydroxyl groups is 1. The van der Waals surface area contributed by atoms with E-state index in [-0.39, 0.29) is 10.9 Å². The Kier molecular flexibility index (Phi) is 3.47. The maximum absolute atomic E-state index is 9.92. The second kappa shape index (κ2) is 4.70. The Bertz CT molecular complexity index is 373. The fraction of sp³-hybridized carbons (Fsp3) is 0.385. The van der Waals surface area contributed by atoms with Gasteiger partial charge in [-0.3, -0.25) is 0 Å². The lowest BCUT2D eigenvalue weighted by molar-refractivity contribution is 0.0419. The molecule has 86 valence electrons. The molecule has 0 aromatic heterocycles. The van der Waals surface area contributed by atoms with E-state index in [1.807, 2.05) is 42.5 Å². The van der Waals surface area contributed by atoms with Gasteiger partial charge in [-0.15, -0.1) is 0 Å². The van der Waals surface area contributed by atoms with Gasteiger partial charge in [0.1, 0.15) is 5.60 Å². The Labute approximate surface area is 104 Å². The molecule has 1 heterocycles. The third-order valence-electron chi connectivity index (χ3n) is 2.73. The number of alkyl halides is 1. The predicted molar refractivity (Wildman–Crippen MR) is 68.6 cm³/mol. The summed E-state index contributed by atoms with van der Waals surface area (Å²) in [6.45, 7) is 2.15. The fourth-order valence-corrected chi connectivity index (χ4v) is 2.17. The van der Waals surface area contributed by atoms with Gasteiger partial charge >= 0.3 is 0 Å². The van der Waals surface area contributed by atoms with Crippen molar-refractivity contribution < 1.29 is 9.84 Å². The third kappa shape index (κ3) is 2.54. The first-order valence-electron chi connectivity index (χ1n) is 5.31. The molecule has 1 aliphatic heterocycles. The smallest absolute Gasteiger partial charge is 0.100 e. The zero-order valence-electron chi connectivity index (χ0n) is 9.14. The molecule has 0 unspecified atom stereocenters. The Morgan fingerprint density at radius 2 is 2.12 bits per heavy atom. The van der Waals surface area contributed by atoms with E-state index in [4.69, 9.17) is 4.74 Å². The molecule has 0 aliphatic carbocycles. The van der Waals surface area contributed by atoms with Crippen LogP contribution in [0.3, 0.4) is 0 Å². The summed E-state index contributed by atoms with van der Waals surface area (Å²) >= 11 is 3.47. The average molecular weight is 283 g/mol. The summed E-state index contributed by atoms with van der Waals surface area (Å²) in [4.78, 5) is -0.0556. The van der Waals surface area contributed by atoms with Gasteiger partial charge in [-0.05, 0) is 12.5 Å². The van der Waals surface area contributed by atoms with Crippen LogP contribution in [-0.2, 0) is 4.74 Å². The second-order valence-corrected chi connectivity index (χ2v) is 5.29. The van der Waals surface area contributed by atoms with E-state index in [0.29, 0.717) is 6.61 Å². The molecule has 1 aromatic rings. The lowest BCUT2D eigenvalue weighted by Crippen LogP contribution is -2.35. The summed E-state index contributed by atoms with van der Waals surface area (Å²) in [5, 5.41) is 9.92. The molecule has 1 N–H and O–H groups in total. The Hall–Kier alpha value is -0.640. The van der Waals surface area contributed by atoms with Gasteiger partial charge in [0, 0.05) is 0 Å². The third-order valence-corrected chi connectivity index (χ3v) is 4.24. The lowest BCUT2D eigenvalue weighted by atomic mass is 10.0. The van der Waals surface area contributed by atoms with Crippen molar-refractivity contribution in [2.75, 3.05) is 6.61 Å². The van der Waals surface area contributed by atoms with Crippen molar-refractivity contribution in [2.24, 2.45) is 0 Å². The molecular formula is C13H15BrO2. The van der Waals surface area contributed by atoms with E-state index in [9.17, 15) is 5.11 Å². The van der Waals surface area contributed by atoms with E-state index in [0.717, 1.165) is 5.56 Å². The number of benzene rings is 1. The van der Waals surface area contributed by atoms with Crippen LogP contribution in [0, 0.1) is 0 Å². The molecule has 0 spiro atoms. The van der Waals surface area contributed by atoms with E-state index < -0.39 is 5.60 Å². The zero-order valence-corrected chi connectivity index (χ0v) is 10.7. The summed E-state index contributed by atoms with van der Waals surface area (Å²) in [6, 6.07) is 10.1. The normalized spacial score (nSPS) is 34.7. The highest BCUT2D eigenvalue weighted by Crippen LogP contribution is 2.31. The zero-order chi connectivity index (χ0) is 11.6. The number of halogens is 1. The standard InChI is InChI=1S/C13H15BrO2/c1-13(15)9-16-11(12(13)14)8-7-10-5-3-2-4-6-10/h2-8,11-12,15H,9H2,1H3/b8-7+/t11-,12-,13+/m0/s1. The topological polar surface area (TPSA) is 29.5 Å². The molecule has 0 amide bonds. The fourth-order valence-electron chi connectivity index (χ4n) is 1.71. The van der Waals surface area contributed by atoms with E-state index >= 15 is 0 Å². The molecule has 1 saturated heterocycles. The molecular weight excluding hydrogens is 268 g/mol. The van der Waals surface area contributed by atoms with Crippen LogP contribution < -0.4 is 0 Å². The first kappa shape index (κ1) is 11.8. The van der Waals surface area contributed by atoms with Gasteiger partial charge < -0.3 is 9.84 Å². The molecule has 0 bridgehead atoms. The summed E-state index contributed by atoms with van der Waals surface area (Å²) in [7, 11) is 0. The highest BCUT2D eigenvalue weighted by Gasteiger charge is 2.42. The van der Waals surface area contributed by atoms with Gasteiger partial charge in [-0.25, -0.2) is 0 Å². The highest BCUT2D eigenvalue weighted by molar-refractivity contribution is 9.09. The average Bonchev–Trinajstić information content (AvgIpc) is 2.54. The van der Waals surface area contributed by atoms with E-state index in [1.165, 1.54) is 0 Å². The minimum Gasteiger partial charge on any atom is -0.386 e. The van der Waals surface area contributed by atoms with Gasteiger partial charge in [0.05, 0.1) is 17.5 Å². The van der Waals surface area contributed by atoms with Crippen LogP contribution in [0.1, 0.15) is 12.5 Å². The van der Waals surface area contributed by atoms with Crippen LogP contribution in [0.25, 0.3) is 6.08 Å². The molecule has 16 heavy (non-hydrogen) atoms. The Morgan fingerprint density at radius 1 is 1.44 bits per heavy atom. The van der Waals surface area contributed by atoms with Crippen molar-refractivity contribution in [2.45, 2.75) is 23.5 Å². The second-order valence-electron chi connectivity index (χ2n) is 4.30. The van der Waals surface area contributed by atoms with Gasteiger partial charge in [0.2, 0.25) is 0 Å². The van der Waals surface area contributed by atoms with Crippen LogP contribution in [0.2, 0.25) is 0 Å². The maximum atomic E-state index is 9.92. The SMILES string of the molecule is C[C@@]1(O)CO[C@@H](/C=C/c2ccccc2)[C@@H]1Br. The maximum Gasteiger partial charge on any atom is 0.100 e.